The van der Waals surface area contributed by atoms with Crippen LogP contribution in [0.2, 0.25) is 0 Å². The van der Waals surface area contributed by atoms with Crippen LogP contribution in [-0.4, -0.2) is 82.2 Å². The van der Waals surface area contributed by atoms with Gasteiger partial charge in [0, 0.05) is 13.0 Å². The van der Waals surface area contributed by atoms with Crippen molar-refractivity contribution in [3.05, 3.63) is 29.8 Å². The standard InChI is InChI=1S/C21H31N7O8/c22-13(9-17(31)32)18(33)28-15(8-11-3-5-12(29)6-4-11)19(34)26-10-16(30)27-14(20(35)36)2-1-7-25-21(23)24/h3-6,13-15,29H,1-2,7-10,22H2,(H,26,34)(H,27,30)(H,28,33)(H,31,32)(H,35,36)(H4,23,24,25). The zero-order valence-corrected chi connectivity index (χ0v) is 19.3. The molecule has 0 aliphatic rings. The van der Waals surface area contributed by atoms with Gasteiger partial charge in [0.25, 0.3) is 0 Å². The molecule has 0 aliphatic heterocycles. The maximum absolute atomic E-state index is 12.7. The Bertz CT molecular complexity index is 964. The molecule has 0 aliphatic carbocycles. The largest absolute Gasteiger partial charge is 0.508 e. The monoisotopic (exact) mass is 509 g/mol. The van der Waals surface area contributed by atoms with E-state index in [0.29, 0.717) is 5.56 Å². The summed E-state index contributed by atoms with van der Waals surface area (Å²) in [5, 5.41) is 34.5. The highest BCUT2D eigenvalue weighted by Gasteiger charge is 2.26. The Hall–Kier alpha value is -4.40. The number of carbonyl (C=O) groups is 5. The van der Waals surface area contributed by atoms with Crippen molar-refractivity contribution in [1.82, 2.24) is 16.0 Å². The molecular weight excluding hydrogens is 478 g/mol. The van der Waals surface area contributed by atoms with Crippen LogP contribution in [0.1, 0.15) is 24.8 Å². The number of aromatic hydroxyl groups is 1. The normalized spacial score (nSPS) is 12.9. The van der Waals surface area contributed by atoms with E-state index in [0.717, 1.165) is 0 Å². The Morgan fingerprint density at radius 1 is 0.944 bits per heavy atom. The summed E-state index contributed by atoms with van der Waals surface area (Å²) in [5.74, 6) is -5.25. The summed E-state index contributed by atoms with van der Waals surface area (Å²) in [6, 6.07) is 1.84. The summed E-state index contributed by atoms with van der Waals surface area (Å²) in [7, 11) is 0. The summed E-state index contributed by atoms with van der Waals surface area (Å²) >= 11 is 0. The summed E-state index contributed by atoms with van der Waals surface area (Å²) in [6.45, 7) is -0.430. The van der Waals surface area contributed by atoms with Gasteiger partial charge in [0.2, 0.25) is 17.7 Å². The molecule has 0 saturated heterocycles. The highest BCUT2D eigenvalue weighted by Crippen LogP contribution is 2.11. The topological polar surface area (TPSA) is 273 Å². The number of nitrogens with two attached hydrogens (primary N) is 3. The maximum Gasteiger partial charge on any atom is 0.326 e. The Morgan fingerprint density at radius 2 is 1.58 bits per heavy atom. The molecular formula is C21H31N7O8. The van der Waals surface area contributed by atoms with Crippen LogP contribution in [0.25, 0.3) is 0 Å². The molecule has 0 saturated carbocycles. The molecule has 15 heteroatoms. The SMILES string of the molecule is NC(N)=NCCCC(NC(=O)CNC(=O)C(Cc1ccc(O)cc1)NC(=O)C(N)CC(=O)O)C(=O)O. The van der Waals surface area contributed by atoms with E-state index in [9.17, 15) is 34.2 Å². The first-order valence-electron chi connectivity index (χ1n) is 10.8. The summed E-state index contributed by atoms with van der Waals surface area (Å²) < 4.78 is 0. The number of carboxylic acids is 2. The van der Waals surface area contributed by atoms with Gasteiger partial charge in [0.15, 0.2) is 5.96 Å². The zero-order chi connectivity index (χ0) is 27.3. The molecule has 3 amide bonds. The van der Waals surface area contributed by atoms with E-state index in [1.807, 2.05) is 0 Å². The molecule has 0 aromatic heterocycles. The fourth-order valence-electron chi connectivity index (χ4n) is 2.93. The van der Waals surface area contributed by atoms with Gasteiger partial charge in [-0.05, 0) is 30.5 Å². The van der Waals surface area contributed by atoms with Crippen LogP contribution in [0.15, 0.2) is 29.3 Å². The van der Waals surface area contributed by atoms with E-state index in [1.54, 1.807) is 0 Å². The van der Waals surface area contributed by atoms with E-state index >= 15 is 0 Å². The number of rotatable bonds is 15. The molecule has 198 valence electrons. The van der Waals surface area contributed by atoms with E-state index in [2.05, 4.69) is 20.9 Å². The van der Waals surface area contributed by atoms with Crippen molar-refractivity contribution in [2.45, 2.75) is 43.8 Å². The molecule has 15 nitrogen and oxygen atoms in total. The molecule has 1 rings (SSSR count). The number of phenols is 1. The van der Waals surface area contributed by atoms with Crippen LogP contribution < -0.4 is 33.2 Å². The number of aliphatic carboxylic acids is 2. The highest BCUT2D eigenvalue weighted by atomic mass is 16.4. The lowest BCUT2D eigenvalue weighted by Crippen LogP contribution is -2.54. The number of guanidine groups is 1. The first-order chi connectivity index (χ1) is 16.9. The lowest BCUT2D eigenvalue weighted by molar-refractivity contribution is -0.142. The van der Waals surface area contributed by atoms with Gasteiger partial charge in [-0.25, -0.2) is 4.79 Å². The molecule has 0 spiro atoms. The molecule has 3 unspecified atom stereocenters. The van der Waals surface area contributed by atoms with Gasteiger partial charge in [-0.1, -0.05) is 12.1 Å². The minimum atomic E-state index is -1.42. The van der Waals surface area contributed by atoms with E-state index in [-0.39, 0.29) is 37.5 Å². The molecule has 1 aromatic rings. The fraction of sp³-hybridized carbons (Fsp3) is 0.429. The molecule has 0 radical (unpaired) electrons. The van der Waals surface area contributed by atoms with Gasteiger partial charge < -0.3 is 48.5 Å². The number of carbonyl (C=O) groups excluding carboxylic acids is 3. The number of nitrogens with zero attached hydrogens (tertiary/aromatic N) is 1. The Kier molecular flexibility index (Phi) is 12.2. The lowest BCUT2D eigenvalue weighted by Gasteiger charge is -2.21. The second kappa shape index (κ2) is 14.8. The number of amides is 3. The van der Waals surface area contributed by atoms with Crippen molar-refractivity contribution >= 4 is 35.6 Å². The average Bonchev–Trinajstić information content (AvgIpc) is 2.79. The third-order valence-corrected chi connectivity index (χ3v) is 4.74. The van der Waals surface area contributed by atoms with Crippen LogP contribution in [0.3, 0.4) is 0 Å². The zero-order valence-electron chi connectivity index (χ0n) is 19.3. The summed E-state index contributed by atoms with van der Waals surface area (Å²) in [4.78, 5) is 63.2. The Morgan fingerprint density at radius 3 is 2.14 bits per heavy atom. The third-order valence-electron chi connectivity index (χ3n) is 4.74. The number of phenolic OH excluding ortho intramolecular Hbond substituents is 1. The van der Waals surface area contributed by atoms with E-state index < -0.39 is 60.8 Å². The first kappa shape index (κ1) is 29.6. The second-order valence-electron chi connectivity index (χ2n) is 7.76. The molecule has 36 heavy (non-hydrogen) atoms. The lowest BCUT2D eigenvalue weighted by atomic mass is 10.0. The maximum atomic E-state index is 12.7. The average molecular weight is 510 g/mol. The number of aliphatic imine (C=N–C) groups is 1. The van der Waals surface area contributed by atoms with Crippen LogP contribution in [0.5, 0.6) is 5.75 Å². The predicted molar refractivity (Wildman–Crippen MR) is 126 cm³/mol. The molecule has 0 heterocycles. The number of carboxylic acid groups (broad SMARTS) is 2. The van der Waals surface area contributed by atoms with Crippen molar-refractivity contribution in [1.29, 1.82) is 0 Å². The molecule has 0 fully saturated rings. The van der Waals surface area contributed by atoms with Crippen molar-refractivity contribution < 1.29 is 39.3 Å². The quantitative estimate of drug-likeness (QED) is 0.0651. The van der Waals surface area contributed by atoms with Gasteiger partial charge in [0.1, 0.15) is 17.8 Å². The molecule has 0 bridgehead atoms. The van der Waals surface area contributed by atoms with Crippen molar-refractivity contribution in [3.63, 3.8) is 0 Å². The van der Waals surface area contributed by atoms with Gasteiger partial charge in [-0.3, -0.25) is 24.2 Å². The van der Waals surface area contributed by atoms with Gasteiger partial charge in [0.05, 0.1) is 19.0 Å². The van der Waals surface area contributed by atoms with Gasteiger partial charge >= 0.3 is 11.9 Å². The molecule has 12 N–H and O–H groups in total. The minimum absolute atomic E-state index is 0.0183. The number of benzene rings is 1. The summed E-state index contributed by atoms with van der Waals surface area (Å²) in [5.41, 5.74) is 16.5. The van der Waals surface area contributed by atoms with Crippen LogP contribution in [-0.2, 0) is 30.4 Å². The smallest absolute Gasteiger partial charge is 0.326 e. The van der Waals surface area contributed by atoms with E-state index in [4.69, 9.17) is 22.3 Å². The highest BCUT2D eigenvalue weighted by molar-refractivity contribution is 5.93. The van der Waals surface area contributed by atoms with Crippen LogP contribution in [0.4, 0.5) is 0 Å². The third kappa shape index (κ3) is 11.6. The van der Waals surface area contributed by atoms with Crippen molar-refractivity contribution in [3.8, 4) is 5.75 Å². The number of nitrogens with one attached hydrogen (secondary N) is 3. The van der Waals surface area contributed by atoms with Gasteiger partial charge in [-0.15, -0.1) is 0 Å². The first-order valence-corrected chi connectivity index (χ1v) is 10.8. The Balaban J connectivity index is 2.78. The second-order valence-corrected chi connectivity index (χ2v) is 7.76. The molecule has 3 atom stereocenters. The van der Waals surface area contributed by atoms with E-state index in [1.165, 1.54) is 24.3 Å². The molecule has 1 aromatic carbocycles. The predicted octanol–water partition coefficient (Wildman–Crippen LogP) is -3.04. The number of hydrogen-bond donors (Lipinski definition) is 9. The van der Waals surface area contributed by atoms with Crippen molar-refractivity contribution in [2.75, 3.05) is 13.1 Å². The van der Waals surface area contributed by atoms with Crippen molar-refractivity contribution in [2.24, 2.45) is 22.2 Å². The summed E-state index contributed by atoms with van der Waals surface area (Å²) in [6.07, 6.45) is -0.422. The van der Waals surface area contributed by atoms with Crippen LogP contribution >= 0.6 is 0 Å². The minimum Gasteiger partial charge on any atom is -0.508 e. The Labute approximate surface area is 206 Å². The van der Waals surface area contributed by atoms with Crippen LogP contribution in [0, 0.1) is 0 Å². The fourth-order valence-corrected chi connectivity index (χ4v) is 2.93. The number of hydrogen-bond acceptors (Lipinski definition) is 8. The van der Waals surface area contributed by atoms with Gasteiger partial charge in [-0.2, -0.15) is 0 Å².